The Labute approximate surface area is 70.2 Å². The molecule has 0 bridgehead atoms. The van der Waals surface area contributed by atoms with E-state index in [1.165, 1.54) is 6.20 Å². The van der Waals surface area contributed by atoms with E-state index in [9.17, 15) is 8.78 Å². The number of H-pyrrole nitrogens is 1. The maximum atomic E-state index is 11.7. The first-order chi connectivity index (χ1) is 4.68. The van der Waals surface area contributed by atoms with Gasteiger partial charge in [0, 0.05) is 11.9 Å². The Hall–Kier alpha value is -0.200. The monoisotopic (exact) mass is 258 g/mol. The summed E-state index contributed by atoms with van der Waals surface area (Å²) in [6.45, 7) is 0. The van der Waals surface area contributed by atoms with E-state index in [0.29, 0.717) is 9.53 Å². The summed E-state index contributed by atoms with van der Waals surface area (Å²) in [4.78, 5) is 6.47. The second-order valence-electron chi connectivity index (χ2n) is 1.79. The number of rotatable bonds is 2. The molecule has 0 unspecified atom stereocenters. The van der Waals surface area contributed by atoms with Crippen LogP contribution in [0.2, 0.25) is 0 Å². The second-order valence-corrected chi connectivity index (χ2v) is 2.82. The minimum Gasteiger partial charge on any atom is -0.337 e. The van der Waals surface area contributed by atoms with Crippen molar-refractivity contribution in [3.05, 3.63) is 15.7 Å². The Kier molecular flexibility index (Phi) is 2.58. The van der Waals surface area contributed by atoms with E-state index in [0.717, 1.165) is 0 Å². The van der Waals surface area contributed by atoms with Crippen molar-refractivity contribution in [2.45, 2.75) is 12.8 Å². The maximum Gasteiger partial charge on any atom is 0.244 e. The molecule has 0 aromatic carbocycles. The molecule has 0 spiro atoms. The van der Waals surface area contributed by atoms with Crippen LogP contribution in [0.25, 0.3) is 0 Å². The first-order valence-electron chi connectivity index (χ1n) is 2.66. The lowest BCUT2D eigenvalue weighted by molar-refractivity contribution is 0.148. The number of imidazole rings is 1. The van der Waals surface area contributed by atoms with Gasteiger partial charge in [-0.3, -0.25) is 0 Å². The van der Waals surface area contributed by atoms with Crippen molar-refractivity contribution in [3.8, 4) is 0 Å². The van der Waals surface area contributed by atoms with Crippen molar-refractivity contribution in [3.63, 3.8) is 0 Å². The molecule has 0 aliphatic carbocycles. The molecule has 1 heterocycles. The lowest BCUT2D eigenvalue weighted by atomic mass is 10.3. The number of hydrogen-bond donors (Lipinski definition) is 1. The first-order valence-corrected chi connectivity index (χ1v) is 3.74. The summed E-state index contributed by atoms with van der Waals surface area (Å²) < 4.78 is 24.0. The first kappa shape index (κ1) is 7.90. The molecule has 10 heavy (non-hydrogen) atoms. The third-order valence-corrected chi connectivity index (χ3v) is 1.52. The van der Waals surface area contributed by atoms with E-state index in [1.807, 2.05) is 22.6 Å². The number of aromatic amines is 1. The maximum absolute atomic E-state index is 11.7. The van der Waals surface area contributed by atoms with Gasteiger partial charge in [-0.25, -0.2) is 13.8 Å². The molecule has 0 atom stereocenters. The van der Waals surface area contributed by atoms with Crippen LogP contribution < -0.4 is 0 Å². The number of aromatic nitrogens is 2. The molecule has 5 heteroatoms. The highest BCUT2D eigenvalue weighted by Crippen LogP contribution is 2.05. The Morgan fingerprint density at radius 1 is 1.70 bits per heavy atom. The van der Waals surface area contributed by atoms with Gasteiger partial charge in [0.15, 0.2) is 3.83 Å². The SMILES string of the molecule is FC(F)Cc1cnc(I)[nH]1. The summed E-state index contributed by atoms with van der Waals surface area (Å²) in [6.07, 6.45) is -1.11. The second kappa shape index (κ2) is 3.27. The third-order valence-electron chi connectivity index (χ3n) is 0.972. The Balaban J connectivity index is 2.58. The van der Waals surface area contributed by atoms with Crippen molar-refractivity contribution >= 4 is 22.6 Å². The third kappa shape index (κ3) is 2.20. The Bertz CT molecular complexity index is 211. The molecule has 0 aliphatic heterocycles. The predicted molar refractivity (Wildman–Crippen MR) is 41.0 cm³/mol. The fourth-order valence-corrected chi connectivity index (χ4v) is 1.09. The molecule has 56 valence electrons. The Morgan fingerprint density at radius 2 is 2.40 bits per heavy atom. The summed E-state index contributed by atoms with van der Waals surface area (Å²) in [5.41, 5.74) is 0.486. The van der Waals surface area contributed by atoms with E-state index in [-0.39, 0.29) is 6.42 Å². The number of alkyl halides is 2. The molecular formula is C5H5F2IN2. The van der Waals surface area contributed by atoms with Crippen LogP contribution in [0.5, 0.6) is 0 Å². The summed E-state index contributed by atoms with van der Waals surface area (Å²) in [7, 11) is 0. The van der Waals surface area contributed by atoms with Gasteiger partial charge in [0.25, 0.3) is 0 Å². The number of hydrogen-bond acceptors (Lipinski definition) is 1. The molecule has 0 amide bonds. The van der Waals surface area contributed by atoms with Crippen molar-refractivity contribution in [1.82, 2.24) is 9.97 Å². The summed E-state index contributed by atoms with van der Waals surface area (Å²) >= 11 is 1.94. The molecule has 1 N–H and O–H groups in total. The van der Waals surface area contributed by atoms with Crippen LogP contribution in [0.4, 0.5) is 8.78 Å². The van der Waals surface area contributed by atoms with Gasteiger partial charge in [0.05, 0.1) is 6.42 Å². The van der Waals surface area contributed by atoms with Crippen LogP contribution in [0.3, 0.4) is 0 Å². The molecule has 1 aromatic rings. The van der Waals surface area contributed by atoms with Crippen LogP contribution in [0.15, 0.2) is 6.20 Å². The zero-order chi connectivity index (χ0) is 7.56. The van der Waals surface area contributed by atoms with Gasteiger partial charge in [0.2, 0.25) is 6.43 Å². The van der Waals surface area contributed by atoms with Gasteiger partial charge in [0.1, 0.15) is 0 Å². The van der Waals surface area contributed by atoms with Gasteiger partial charge >= 0.3 is 0 Å². The largest absolute Gasteiger partial charge is 0.337 e. The zero-order valence-corrected chi connectivity index (χ0v) is 7.10. The fourth-order valence-electron chi connectivity index (χ4n) is 0.602. The van der Waals surface area contributed by atoms with E-state index in [4.69, 9.17) is 0 Å². The Morgan fingerprint density at radius 3 is 2.80 bits per heavy atom. The molecule has 2 nitrogen and oxygen atoms in total. The molecule has 0 saturated carbocycles. The minimum absolute atomic E-state index is 0.240. The minimum atomic E-state index is -2.30. The van der Waals surface area contributed by atoms with Crippen molar-refractivity contribution < 1.29 is 8.78 Å². The average Bonchev–Trinajstić information content (AvgIpc) is 2.13. The molecule has 0 fully saturated rings. The number of nitrogens with one attached hydrogen (secondary N) is 1. The lowest BCUT2D eigenvalue weighted by Gasteiger charge is -1.92. The van der Waals surface area contributed by atoms with Gasteiger partial charge < -0.3 is 4.98 Å². The zero-order valence-electron chi connectivity index (χ0n) is 4.94. The number of nitrogens with zero attached hydrogens (tertiary/aromatic N) is 1. The van der Waals surface area contributed by atoms with Gasteiger partial charge in [-0.05, 0) is 22.6 Å². The molecule has 0 radical (unpaired) electrons. The molecule has 0 aliphatic rings. The summed E-state index contributed by atoms with van der Waals surface area (Å²) in [5.74, 6) is 0. The smallest absolute Gasteiger partial charge is 0.244 e. The fraction of sp³-hybridized carbons (Fsp3) is 0.400. The van der Waals surface area contributed by atoms with Crippen LogP contribution in [-0.4, -0.2) is 16.4 Å². The van der Waals surface area contributed by atoms with Crippen LogP contribution in [0.1, 0.15) is 5.69 Å². The van der Waals surface area contributed by atoms with E-state index in [2.05, 4.69) is 9.97 Å². The normalized spacial score (nSPS) is 10.8. The van der Waals surface area contributed by atoms with Crippen molar-refractivity contribution in [2.24, 2.45) is 0 Å². The van der Waals surface area contributed by atoms with E-state index >= 15 is 0 Å². The van der Waals surface area contributed by atoms with Gasteiger partial charge in [-0.2, -0.15) is 0 Å². The number of halogens is 3. The molecule has 0 saturated heterocycles. The van der Waals surface area contributed by atoms with Crippen molar-refractivity contribution in [2.75, 3.05) is 0 Å². The quantitative estimate of drug-likeness (QED) is 0.805. The van der Waals surface area contributed by atoms with Gasteiger partial charge in [-0.15, -0.1) is 0 Å². The molecular weight excluding hydrogens is 253 g/mol. The average molecular weight is 258 g/mol. The lowest BCUT2D eigenvalue weighted by Crippen LogP contribution is -1.96. The topological polar surface area (TPSA) is 28.7 Å². The van der Waals surface area contributed by atoms with Crippen LogP contribution in [0, 0.1) is 3.83 Å². The van der Waals surface area contributed by atoms with Gasteiger partial charge in [-0.1, -0.05) is 0 Å². The van der Waals surface area contributed by atoms with E-state index in [1.54, 1.807) is 0 Å². The van der Waals surface area contributed by atoms with Crippen LogP contribution in [-0.2, 0) is 6.42 Å². The van der Waals surface area contributed by atoms with Crippen molar-refractivity contribution in [1.29, 1.82) is 0 Å². The van der Waals surface area contributed by atoms with Crippen LogP contribution >= 0.6 is 22.6 Å². The highest BCUT2D eigenvalue weighted by molar-refractivity contribution is 14.1. The highest BCUT2D eigenvalue weighted by atomic mass is 127. The van der Waals surface area contributed by atoms with E-state index < -0.39 is 6.43 Å². The molecule has 1 rings (SSSR count). The molecule has 1 aromatic heterocycles. The summed E-state index contributed by atoms with van der Waals surface area (Å²) in [5, 5.41) is 0. The standard InChI is InChI=1S/C5H5F2IN2/c6-4(7)1-3-2-9-5(8)10-3/h2,4H,1H2,(H,9,10). The summed E-state index contributed by atoms with van der Waals surface area (Å²) in [6, 6.07) is 0. The highest BCUT2D eigenvalue weighted by Gasteiger charge is 2.05. The predicted octanol–water partition coefficient (Wildman–Crippen LogP) is 1.82.